The number of rotatable bonds is 6. The maximum absolute atomic E-state index is 11.9. The number of amides is 1. The van der Waals surface area contributed by atoms with Crippen LogP contribution in [0.4, 0.5) is 0 Å². The predicted octanol–water partition coefficient (Wildman–Crippen LogP) is 3.13. The van der Waals surface area contributed by atoms with Crippen molar-refractivity contribution in [3.05, 3.63) is 73.0 Å². The fourth-order valence-electron chi connectivity index (χ4n) is 2.11. The molecule has 0 saturated heterocycles. The molecule has 2 N–H and O–H groups in total. The van der Waals surface area contributed by atoms with Crippen molar-refractivity contribution in [1.29, 1.82) is 0 Å². The summed E-state index contributed by atoms with van der Waals surface area (Å²) in [4.78, 5) is 15.1. The lowest BCUT2D eigenvalue weighted by molar-refractivity contribution is -0.117. The average Bonchev–Trinajstić information content (AvgIpc) is 2.88. The summed E-state index contributed by atoms with van der Waals surface area (Å²) in [6.45, 7) is 7.78. The van der Waals surface area contributed by atoms with E-state index in [0.29, 0.717) is 12.1 Å². The maximum Gasteiger partial charge on any atom is 0.251 e. The van der Waals surface area contributed by atoms with Crippen LogP contribution in [0.3, 0.4) is 0 Å². The molecular formula is C17H18N2O. The Balaban J connectivity index is 1.96. The second kappa shape index (κ2) is 6.57. The van der Waals surface area contributed by atoms with Gasteiger partial charge in [-0.15, -0.1) is 0 Å². The van der Waals surface area contributed by atoms with E-state index in [1.807, 2.05) is 24.4 Å². The normalized spacial score (nSPS) is 11.3. The van der Waals surface area contributed by atoms with E-state index < -0.39 is 0 Å². The number of nitrogens with one attached hydrogen (secondary N) is 2. The van der Waals surface area contributed by atoms with E-state index in [4.69, 9.17) is 0 Å². The first-order valence-electron chi connectivity index (χ1n) is 6.54. The molecule has 0 atom stereocenters. The number of fused-ring (bicyclic) bond motifs is 1. The third kappa shape index (κ3) is 3.06. The Morgan fingerprint density at radius 3 is 2.85 bits per heavy atom. The highest BCUT2D eigenvalue weighted by Crippen LogP contribution is 2.17. The minimum Gasteiger partial charge on any atom is -0.361 e. The van der Waals surface area contributed by atoms with Crippen LogP contribution in [0.15, 0.2) is 67.4 Å². The summed E-state index contributed by atoms with van der Waals surface area (Å²) >= 11 is 0. The van der Waals surface area contributed by atoms with Gasteiger partial charge >= 0.3 is 0 Å². The second-order valence-corrected chi connectivity index (χ2v) is 4.43. The van der Waals surface area contributed by atoms with Crippen molar-refractivity contribution in [2.45, 2.75) is 6.42 Å². The third-order valence-corrected chi connectivity index (χ3v) is 3.13. The zero-order valence-electron chi connectivity index (χ0n) is 11.4. The number of carbonyl (C=O) groups is 1. The molecule has 3 nitrogen and oxygen atoms in total. The van der Waals surface area contributed by atoms with Gasteiger partial charge in [-0.1, -0.05) is 49.6 Å². The molecule has 20 heavy (non-hydrogen) atoms. The maximum atomic E-state index is 11.9. The molecule has 2 rings (SSSR count). The van der Waals surface area contributed by atoms with Crippen molar-refractivity contribution in [1.82, 2.24) is 10.3 Å². The monoisotopic (exact) mass is 266 g/mol. The van der Waals surface area contributed by atoms with Crippen molar-refractivity contribution in [3.8, 4) is 0 Å². The van der Waals surface area contributed by atoms with Gasteiger partial charge in [0.2, 0.25) is 0 Å². The minimum absolute atomic E-state index is 0.125. The van der Waals surface area contributed by atoms with E-state index >= 15 is 0 Å². The molecule has 0 aliphatic rings. The van der Waals surface area contributed by atoms with E-state index in [0.717, 1.165) is 11.9 Å². The highest BCUT2D eigenvalue weighted by molar-refractivity contribution is 5.96. The number of aromatic nitrogens is 1. The van der Waals surface area contributed by atoms with Crippen LogP contribution in [0, 0.1) is 0 Å². The smallest absolute Gasteiger partial charge is 0.251 e. The zero-order valence-corrected chi connectivity index (χ0v) is 11.4. The number of carbonyl (C=O) groups excluding carboxylic acids is 1. The zero-order chi connectivity index (χ0) is 14.4. The number of allylic oxidation sites excluding steroid dienone is 2. The van der Waals surface area contributed by atoms with Crippen LogP contribution in [0.5, 0.6) is 0 Å². The van der Waals surface area contributed by atoms with Crippen molar-refractivity contribution in [3.63, 3.8) is 0 Å². The first kappa shape index (κ1) is 13.9. The van der Waals surface area contributed by atoms with Crippen molar-refractivity contribution in [2.24, 2.45) is 0 Å². The molecule has 0 unspecified atom stereocenters. The largest absolute Gasteiger partial charge is 0.361 e. The molecule has 3 heteroatoms. The summed E-state index contributed by atoms with van der Waals surface area (Å²) in [6.07, 6.45) is 7.53. The molecule has 1 aromatic carbocycles. The molecule has 1 aromatic heterocycles. The van der Waals surface area contributed by atoms with Gasteiger partial charge in [0.05, 0.1) is 0 Å². The van der Waals surface area contributed by atoms with Gasteiger partial charge in [0.25, 0.3) is 5.91 Å². The standard InChI is InChI=1S/C17H18N2O/c1-3-7-13(4-2)17(20)18-11-10-14-12-19-16-9-6-5-8-15(14)16/h3-9,12,19H,1-2,10-11H2,(H,18,20)/b13-7+. The summed E-state index contributed by atoms with van der Waals surface area (Å²) in [6, 6.07) is 8.14. The molecule has 0 spiro atoms. The number of benzene rings is 1. The van der Waals surface area contributed by atoms with Crippen LogP contribution < -0.4 is 5.32 Å². The van der Waals surface area contributed by atoms with E-state index in [-0.39, 0.29) is 5.91 Å². The van der Waals surface area contributed by atoms with Crippen LogP contribution >= 0.6 is 0 Å². The van der Waals surface area contributed by atoms with Gasteiger partial charge in [-0.05, 0) is 18.1 Å². The Bertz CT molecular complexity index is 664. The molecule has 0 aliphatic heterocycles. The van der Waals surface area contributed by atoms with Gasteiger partial charge in [0, 0.05) is 29.2 Å². The Kier molecular flexibility index (Phi) is 4.56. The van der Waals surface area contributed by atoms with Gasteiger partial charge in [0.1, 0.15) is 0 Å². The van der Waals surface area contributed by atoms with Gasteiger partial charge in [-0.3, -0.25) is 4.79 Å². The lowest BCUT2D eigenvalue weighted by atomic mass is 10.1. The number of hydrogen-bond donors (Lipinski definition) is 2. The summed E-state index contributed by atoms with van der Waals surface area (Å²) in [5.41, 5.74) is 2.85. The van der Waals surface area contributed by atoms with Gasteiger partial charge in [-0.25, -0.2) is 0 Å². The number of para-hydroxylation sites is 1. The quantitative estimate of drug-likeness (QED) is 0.612. The number of aromatic amines is 1. The molecule has 0 aliphatic carbocycles. The van der Waals surface area contributed by atoms with Crippen molar-refractivity contribution in [2.75, 3.05) is 6.54 Å². The predicted molar refractivity (Wildman–Crippen MR) is 83.5 cm³/mol. The molecule has 0 saturated carbocycles. The lowest BCUT2D eigenvalue weighted by Gasteiger charge is -2.05. The fraction of sp³-hybridized carbons (Fsp3) is 0.118. The molecule has 1 amide bonds. The van der Waals surface area contributed by atoms with E-state index in [2.05, 4.69) is 29.5 Å². The molecule has 1 heterocycles. The van der Waals surface area contributed by atoms with Crippen molar-refractivity contribution < 1.29 is 4.79 Å². The lowest BCUT2D eigenvalue weighted by Crippen LogP contribution is -2.26. The van der Waals surface area contributed by atoms with Crippen LogP contribution in [-0.2, 0) is 11.2 Å². The summed E-state index contributed by atoms with van der Waals surface area (Å²) in [5.74, 6) is -0.125. The SMILES string of the molecule is C=C/C=C(\C=C)C(=O)NCCc1c[nH]c2ccccc12. The van der Waals surface area contributed by atoms with Gasteiger partial charge in [0.15, 0.2) is 0 Å². The molecular weight excluding hydrogens is 248 g/mol. The van der Waals surface area contributed by atoms with Crippen LogP contribution in [-0.4, -0.2) is 17.4 Å². The molecule has 102 valence electrons. The summed E-state index contributed by atoms with van der Waals surface area (Å²) in [5, 5.41) is 4.08. The van der Waals surface area contributed by atoms with E-state index in [1.165, 1.54) is 17.0 Å². The Labute approximate surface area is 118 Å². The highest BCUT2D eigenvalue weighted by atomic mass is 16.1. The average molecular weight is 266 g/mol. The van der Waals surface area contributed by atoms with Crippen LogP contribution in [0.25, 0.3) is 10.9 Å². The molecule has 0 bridgehead atoms. The van der Waals surface area contributed by atoms with E-state index in [9.17, 15) is 4.79 Å². The highest BCUT2D eigenvalue weighted by Gasteiger charge is 2.06. The number of hydrogen-bond acceptors (Lipinski definition) is 1. The van der Waals surface area contributed by atoms with Crippen molar-refractivity contribution >= 4 is 16.8 Å². The van der Waals surface area contributed by atoms with Crippen LogP contribution in [0.2, 0.25) is 0 Å². The van der Waals surface area contributed by atoms with Gasteiger partial charge in [-0.2, -0.15) is 0 Å². The fourth-order valence-corrected chi connectivity index (χ4v) is 2.11. The van der Waals surface area contributed by atoms with E-state index in [1.54, 1.807) is 12.2 Å². The topological polar surface area (TPSA) is 44.9 Å². The Morgan fingerprint density at radius 1 is 1.30 bits per heavy atom. The first-order valence-corrected chi connectivity index (χ1v) is 6.54. The molecule has 0 radical (unpaired) electrons. The third-order valence-electron chi connectivity index (χ3n) is 3.13. The summed E-state index contributed by atoms with van der Waals surface area (Å²) in [7, 11) is 0. The first-order chi connectivity index (χ1) is 9.76. The van der Waals surface area contributed by atoms with Gasteiger partial charge < -0.3 is 10.3 Å². The van der Waals surface area contributed by atoms with Crippen LogP contribution in [0.1, 0.15) is 5.56 Å². The number of H-pyrrole nitrogens is 1. The minimum atomic E-state index is -0.125. The Morgan fingerprint density at radius 2 is 2.10 bits per heavy atom. The second-order valence-electron chi connectivity index (χ2n) is 4.43. The Hall–Kier alpha value is -2.55. The summed E-state index contributed by atoms with van der Waals surface area (Å²) < 4.78 is 0. The molecule has 2 aromatic rings. The molecule has 0 fully saturated rings.